The van der Waals surface area contributed by atoms with E-state index >= 15 is 0 Å². The Labute approximate surface area is 145 Å². The van der Waals surface area contributed by atoms with E-state index in [9.17, 15) is 9.59 Å². The van der Waals surface area contributed by atoms with Crippen LogP contribution in [0, 0.1) is 5.92 Å². The molecule has 4 heteroatoms. The molecule has 24 heavy (non-hydrogen) atoms. The predicted octanol–water partition coefficient (Wildman–Crippen LogP) is 4.31. The molecule has 0 spiro atoms. The number of carbonyl (C=O) groups is 2. The lowest BCUT2D eigenvalue weighted by Gasteiger charge is -2.15. The molecule has 0 bridgehead atoms. The van der Waals surface area contributed by atoms with Crippen LogP contribution in [0.1, 0.15) is 57.9 Å². The third-order valence-electron chi connectivity index (χ3n) is 3.84. The number of ether oxygens (including phenoxy) is 2. The fraction of sp³-hybridized carbons (Fsp3) is 0.600. The first-order valence-electron chi connectivity index (χ1n) is 9.06. The molecule has 0 fully saturated rings. The van der Waals surface area contributed by atoms with Crippen molar-refractivity contribution in [2.24, 2.45) is 5.92 Å². The van der Waals surface area contributed by atoms with E-state index in [4.69, 9.17) is 9.47 Å². The SMILES string of the molecule is CCCCCOC(=O)C(Cc1ccccc1)C(=O)OCCCCC. The summed E-state index contributed by atoms with van der Waals surface area (Å²) in [5, 5.41) is 0. The van der Waals surface area contributed by atoms with Gasteiger partial charge < -0.3 is 9.47 Å². The summed E-state index contributed by atoms with van der Waals surface area (Å²) in [6.07, 6.45) is 6.11. The maximum absolute atomic E-state index is 12.3. The molecule has 0 saturated heterocycles. The molecule has 0 aliphatic rings. The van der Waals surface area contributed by atoms with Gasteiger partial charge in [-0.25, -0.2) is 0 Å². The number of benzene rings is 1. The summed E-state index contributed by atoms with van der Waals surface area (Å²) in [5.41, 5.74) is 0.929. The molecule has 134 valence electrons. The molecular weight excluding hydrogens is 304 g/mol. The van der Waals surface area contributed by atoms with Crippen molar-refractivity contribution in [2.45, 2.75) is 58.8 Å². The van der Waals surface area contributed by atoms with E-state index in [1.165, 1.54) is 0 Å². The smallest absolute Gasteiger partial charge is 0.320 e. The van der Waals surface area contributed by atoms with Crippen LogP contribution in [0.4, 0.5) is 0 Å². The van der Waals surface area contributed by atoms with Gasteiger partial charge in [-0.15, -0.1) is 0 Å². The van der Waals surface area contributed by atoms with Gasteiger partial charge in [0, 0.05) is 0 Å². The summed E-state index contributed by atoms with van der Waals surface area (Å²) in [7, 11) is 0. The van der Waals surface area contributed by atoms with Gasteiger partial charge in [0.15, 0.2) is 5.92 Å². The third kappa shape index (κ3) is 8.14. The third-order valence-corrected chi connectivity index (χ3v) is 3.84. The molecule has 1 aromatic rings. The van der Waals surface area contributed by atoms with E-state index in [0.717, 1.165) is 44.1 Å². The first-order valence-corrected chi connectivity index (χ1v) is 9.06. The molecule has 0 heterocycles. The van der Waals surface area contributed by atoms with E-state index in [0.29, 0.717) is 19.6 Å². The highest BCUT2D eigenvalue weighted by Gasteiger charge is 2.30. The maximum atomic E-state index is 12.3. The minimum absolute atomic E-state index is 0.320. The number of rotatable bonds is 12. The van der Waals surface area contributed by atoms with Crippen molar-refractivity contribution in [1.29, 1.82) is 0 Å². The van der Waals surface area contributed by atoms with Gasteiger partial charge in [-0.1, -0.05) is 69.9 Å². The summed E-state index contributed by atoms with van der Waals surface area (Å²) in [5.74, 6) is -1.83. The van der Waals surface area contributed by atoms with Crippen LogP contribution in [0.15, 0.2) is 30.3 Å². The van der Waals surface area contributed by atoms with Crippen molar-refractivity contribution in [1.82, 2.24) is 0 Å². The van der Waals surface area contributed by atoms with E-state index in [1.54, 1.807) is 0 Å². The molecule has 0 N–H and O–H groups in total. The molecule has 0 saturated carbocycles. The summed E-state index contributed by atoms with van der Waals surface area (Å²) < 4.78 is 10.6. The van der Waals surface area contributed by atoms with Gasteiger partial charge in [-0.2, -0.15) is 0 Å². The average molecular weight is 334 g/mol. The molecule has 0 unspecified atom stereocenters. The average Bonchev–Trinajstić information content (AvgIpc) is 2.61. The first kappa shape index (κ1) is 20.2. The van der Waals surface area contributed by atoms with Crippen LogP contribution < -0.4 is 0 Å². The zero-order valence-corrected chi connectivity index (χ0v) is 15.0. The van der Waals surface area contributed by atoms with Crippen molar-refractivity contribution >= 4 is 11.9 Å². The van der Waals surface area contributed by atoms with Gasteiger partial charge in [0.2, 0.25) is 0 Å². The summed E-state index contributed by atoms with van der Waals surface area (Å²) in [6, 6.07) is 9.51. The summed E-state index contributed by atoms with van der Waals surface area (Å²) in [6.45, 7) is 4.91. The Hall–Kier alpha value is -1.84. The molecule has 0 aromatic heterocycles. The Bertz CT molecular complexity index is 446. The fourth-order valence-electron chi connectivity index (χ4n) is 2.36. The van der Waals surface area contributed by atoms with Crippen molar-refractivity contribution < 1.29 is 19.1 Å². The van der Waals surface area contributed by atoms with E-state index in [-0.39, 0.29) is 0 Å². The molecule has 0 aliphatic carbocycles. The van der Waals surface area contributed by atoms with Crippen LogP contribution in [0.2, 0.25) is 0 Å². The van der Waals surface area contributed by atoms with E-state index < -0.39 is 17.9 Å². The highest BCUT2D eigenvalue weighted by atomic mass is 16.6. The van der Waals surface area contributed by atoms with Crippen LogP contribution in [0.25, 0.3) is 0 Å². The predicted molar refractivity (Wildman–Crippen MR) is 94.6 cm³/mol. The highest BCUT2D eigenvalue weighted by Crippen LogP contribution is 2.14. The number of unbranched alkanes of at least 4 members (excludes halogenated alkanes) is 4. The van der Waals surface area contributed by atoms with Crippen LogP contribution in [-0.4, -0.2) is 25.2 Å². The van der Waals surface area contributed by atoms with Gasteiger partial charge in [-0.3, -0.25) is 9.59 Å². The summed E-state index contributed by atoms with van der Waals surface area (Å²) in [4.78, 5) is 24.6. The lowest BCUT2D eigenvalue weighted by atomic mass is 9.99. The maximum Gasteiger partial charge on any atom is 0.320 e. The van der Waals surface area contributed by atoms with E-state index in [2.05, 4.69) is 13.8 Å². The second-order valence-electron chi connectivity index (χ2n) is 5.99. The van der Waals surface area contributed by atoms with Gasteiger partial charge >= 0.3 is 11.9 Å². The standard InChI is InChI=1S/C20H30O4/c1-3-5-10-14-23-19(21)18(16-17-12-8-7-9-13-17)20(22)24-15-11-6-4-2/h7-9,12-13,18H,3-6,10-11,14-16H2,1-2H3. The fourth-order valence-corrected chi connectivity index (χ4v) is 2.36. The number of hydrogen-bond acceptors (Lipinski definition) is 4. The Balaban J connectivity index is 2.60. The topological polar surface area (TPSA) is 52.6 Å². The van der Waals surface area contributed by atoms with Gasteiger partial charge in [-0.05, 0) is 24.8 Å². The van der Waals surface area contributed by atoms with Crippen LogP contribution in [0.3, 0.4) is 0 Å². The molecule has 0 atom stereocenters. The normalized spacial score (nSPS) is 10.6. The molecule has 1 aromatic carbocycles. The lowest BCUT2D eigenvalue weighted by Crippen LogP contribution is -2.30. The monoisotopic (exact) mass is 334 g/mol. The van der Waals surface area contributed by atoms with Gasteiger partial charge in [0.1, 0.15) is 0 Å². The number of esters is 2. The Kier molecular flexibility index (Phi) is 10.6. The second-order valence-corrected chi connectivity index (χ2v) is 5.99. The lowest BCUT2D eigenvalue weighted by molar-refractivity contribution is -0.162. The van der Waals surface area contributed by atoms with Gasteiger partial charge in [0.05, 0.1) is 13.2 Å². The second kappa shape index (κ2) is 12.6. The summed E-state index contributed by atoms with van der Waals surface area (Å²) >= 11 is 0. The number of carbonyl (C=O) groups excluding carboxylic acids is 2. The minimum Gasteiger partial charge on any atom is -0.465 e. The minimum atomic E-state index is -0.879. The van der Waals surface area contributed by atoms with Crippen LogP contribution >= 0.6 is 0 Å². The highest BCUT2D eigenvalue weighted by molar-refractivity contribution is 5.95. The molecular formula is C20H30O4. The first-order chi connectivity index (χ1) is 11.7. The zero-order valence-electron chi connectivity index (χ0n) is 15.0. The Morgan fingerprint density at radius 2 is 1.33 bits per heavy atom. The number of hydrogen-bond donors (Lipinski definition) is 0. The van der Waals surface area contributed by atoms with Gasteiger partial charge in [0.25, 0.3) is 0 Å². The van der Waals surface area contributed by atoms with Crippen molar-refractivity contribution in [3.63, 3.8) is 0 Å². The van der Waals surface area contributed by atoms with Crippen molar-refractivity contribution in [3.05, 3.63) is 35.9 Å². The molecule has 0 amide bonds. The van der Waals surface area contributed by atoms with Crippen LogP contribution in [0.5, 0.6) is 0 Å². The van der Waals surface area contributed by atoms with Crippen molar-refractivity contribution in [2.75, 3.05) is 13.2 Å². The molecule has 0 radical (unpaired) electrons. The van der Waals surface area contributed by atoms with E-state index in [1.807, 2.05) is 30.3 Å². The Morgan fingerprint density at radius 3 is 1.79 bits per heavy atom. The molecule has 4 nitrogen and oxygen atoms in total. The molecule has 0 aliphatic heterocycles. The van der Waals surface area contributed by atoms with Crippen LogP contribution in [-0.2, 0) is 25.5 Å². The van der Waals surface area contributed by atoms with Crippen molar-refractivity contribution in [3.8, 4) is 0 Å². The zero-order chi connectivity index (χ0) is 17.6. The Morgan fingerprint density at radius 1 is 0.833 bits per heavy atom. The largest absolute Gasteiger partial charge is 0.465 e. The quantitative estimate of drug-likeness (QED) is 0.325. The molecule has 1 rings (SSSR count).